The Bertz CT molecular complexity index is 958. The van der Waals surface area contributed by atoms with Crippen molar-refractivity contribution >= 4 is 23.2 Å². The molecule has 2 N–H and O–H groups in total. The molecule has 0 atom stereocenters. The zero-order chi connectivity index (χ0) is 19.2. The number of carbonyl (C=O) groups excluding carboxylic acids is 2. The summed E-state index contributed by atoms with van der Waals surface area (Å²) in [7, 11) is 0. The Morgan fingerprint density at radius 3 is 2.33 bits per heavy atom. The van der Waals surface area contributed by atoms with Gasteiger partial charge in [-0.2, -0.15) is 0 Å². The lowest BCUT2D eigenvalue weighted by molar-refractivity contribution is -0.128. The fourth-order valence-corrected chi connectivity index (χ4v) is 3.16. The number of benzene rings is 2. The summed E-state index contributed by atoms with van der Waals surface area (Å²) in [5.74, 6) is -1.65. The number of rotatable bonds is 5. The summed E-state index contributed by atoms with van der Waals surface area (Å²) >= 11 is 1.34. The molecule has 3 rings (SSSR count). The first kappa shape index (κ1) is 18.7. The normalized spacial score (nSPS) is 10.4. The number of carbonyl (C=O) groups is 2. The summed E-state index contributed by atoms with van der Waals surface area (Å²) in [6, 6.07) is 11.6. The monoisotopic (exact) mass is 387 g/mol. The van der Waals surface area contributed by atoms with Crippen LogP contribution in [-0.2, 0) is 22.4 Å². The van der Waals surface area contributed by atoms with Gasteiger partial charge in [-0.25, -0.2) is 13.8 Å². The van der Waals surface area contributed by atoms with Gasteiger partial charge in [0, 0.05) is 10.9 Å². The lowest BCUT2D eigenvalue weighted by Crippen LogP contribution is -2.43. The van der Waals surface area contributed by atoms with Crippen LogP contribution in [-0.4, -0.2) is 16.8 Å². The van der Waals surface area contributed by atoms with Gasteiger partial charge in [-0.05, 0) is 42.0 Å². The highest BCUT2D eigenvalue weighted by Crippen LogP contribution is 2.24. The number of nitrogens with one attached hydrogen (secondary N) is 2. The quantitative estimate of drug-likeness (QED) is 0.661. The molecule has 0 saturated carbocycles. The van der Waals surface area contributed by atoms with Crippen LogP contribution in [0.1, 0.15) is 11.3 Å². The smallest absolute Gasteiger partial charge is 0.244 e. The lowest BCUT2D eigenvalue weighted by atomic mass is 10.1. The second-order valence-electron chi connectivity index (χ2n) is 5.73. The van der Waals surface area contributed by atoms with Gasteiger partial charge in [0.1, 0.15) is 16.6 Å². The number of aromatic nitrogens is 1. The largest absolute Gasteiger partial charge is 0.273 e. The molecule has 3 aromatic rings. The van der Waals surface area contributed by atoms with Crippen molar-refractivity contribution in [1.29, 1.82) is 0 Å². The summed E-state index contributed by atoms with van der Waals surface area (Å²) in [4.78, 5) is 28.1. The molecule has 0 aliphatic heterocycles. The minimum atomic E-state index is -0.459. The Morgan fingerprint density at radius 2 is 1.63 bits per heavy atom. The minimum Gasteiger partial charge on any atom is -0.273 e. The van der Waals surface area contributed by atoms with Crippen molar-refractivity contribution in [3.05, 3.63) is 76.8 Å². The third-order valence-corrected chi connectivity index (χ3v) is 4.52. The zero-order valence-corrected chi connectivity index (χ0v) is 14.9. The van der Waals surface area contributed by atoms with E-state index in [1.54, 1.807) is 23.6 Å². The number of halogens is 2. The molecule has 1 heterocycles. The van der Waals surface area contributed by atoms with Crippen LogP contribution in [0.3, 0.4) is 0 Å². The van der Waals surface area contributed by atoms with E-state index in [9.17, 15) is 18.4 Å². The van der Waals surface area contributed by atoms with Crippen LogP contribution in [0.5, 0.6) is 0 Å². The molecule has 5 nitrogen and oxygen atoms in total. The van der Waals surface area contributed by atoms with Crippen LogP contribution in [0, 0.1) is 11.6 Å². The molecule has 0 bridgehead atoms. The van der Waals surface area contributed by atoms with Gasteiger partial charge in [-0.3, -0.25) is 20.4 Å². The second-order valence-corrected chi connectivity index (χ2v) is 6.59. The highest BCUT2D eigenvalue weighted by atomic mass is 32.1. The van der Waals surface area contributed by atoms with Crippen molar-refractivity contribution in [3.63, 3.8) is 0 Å². The fraction of sp³-hybridized carbons (Fsp3) is 0.105. The maximum Gasteiger partial charge on any atom is 0.244 e. The van der Waals surface area contributed by atoms with E-state index < -0.39 is 17.6 Å². The van der Waals surface area contributed by atoms with Gasteiger partial charge in [0.05, 0.1) is 18.5 Å². The molecule has 0 saturated heterocycles. The Balaban J connectivity index is 1.49. The van der Waals surface area contributed by atoms with E-state index >= 15 is 0 Å². The summed E-state index contributed by atoms with van der Waals surface area (Å²) < 4.78 is 26.1. The Kier molecular flexibility index (Phi) is 5.87. The first-order valence-electron chi connectivity index (χ1n) is 8.02. The van der Waals surface area contributed by atoms with E-state index in [4.69, 9.17) is 0 Å². The number of amides is 2. The van der Waals surface area contributed by atoms with Crippen LogP contribution in [0.25, 0.3) is 10.6 Å². The molecule has 2 aromatic carbocycles. The van der Waals surface area contributed by atoms with Gasteiger partial charge in [0.2, 0.25) is 11.8 Å². The Labute approximate surface area is 158 Å². The summed E-state index contributed by atoms with van der Waals surface area (Å²) in [5.41, 5.74) is 6.40. The maximum absolute atomic E-state index is 13.1. The van der Waals surface area contributed by atoms with Gasteiger partial charge in [-0.15, -0.1) is 11.3 Å². The highest BCUT2D eigenvalue weighted by Gasteiger charge is 2.11. The molecule has 0 radical (unpaired) electrons. The molecule has 1 aromatic heterocycles. The molecule has 2 amide bonds. The standard InChI is InChI=1S/C19H15F2N3O2S/c20-14-6-4-13(5-7-14)19-22-16(11-27-19)10-18(26)24-23-17(25)9-12-2-1-3-15(21)8-12/h1-8,11H,9-10H2,(H,23,25)(H,24,26). The van der Waals surface area contributed by atoms with E-state index in [1.165, 1.54) is 41.7 Å². The molecule has 0 fully saturated rings. The predicted molar refractivity (Wildman–Crippen MR) is 97.6 cm³/mol. The summed E-state index contributed by atoms with van der Waals surface area (Å²) in [5, 5.41) is 2.40. The fourth-order valence-electron chi connectivity index (χ4n) is 2.34. The first-order chi connectivity index (χ1) is 13.0. The van der Waals surface area contributed by atoms with E-state index in [2.05, 4.69) is 15.8 Å². The molecule has 0 aliphatic rings. The number of nitrogens with zero attached hydrogens (tertiary/aromatic N) is 1. The summed E-state index contributed by atoms with van der Waals surface area (Å²) in [6.45, 7) is 0. The van der Waals surface area contributed by atoms with Gasteiger partial charge >= 0.3 is 0 Å². The zero-order valence-electron chi connectivity index (χ0n) is 14.0. The Morgan fingerprint density at radius 1 is 0.926 bits per heavy atom. The predicted octanol–water partition coefficient (Wildman–Crippen LogP) is 3.02. The Hall–Kier alpha value is -3.13. The van der Waals surface area contributed by atoms with Crippen LogP contribution < -0.4 is 10.9 Å². The average molecular weight is 387 g/mol. The van der Waals surface area contributed by atoms with Crippen molar-refractivity contribution < 1.29 is 18.4 Å². The van der Waals surface area contributed by atoms with Crippen LogP contribution in [0.4, 0.5) is 8.78 Å². The van der Waals surface area contributed by atoms with Crippen LogP contribution in [0.15, 0.2) is 53.9 Å². The third-order valence-electron chi connectivity index (χ3n) is 3.58. The van der Waals surface area contributed by atoms with Crippen molar-refractivity contribution in [2.24, 2.45) is 0 Å². The molecule has 0 spiro atoms. The lowest BCUT2D eigenvalue weighted by Gasteiger charge is -2.06. The third kappa shape index (κ3) is 5.42. The van der Waals surface area contributed by atoms with E-state index in [0.29, 0.717) is 16.3 Å². The van der Waals surface area contributed by atoms with Crippen molar-refractivity contribution in [1.82, 2.24) is 15.8 Å². The molecular formula is C19H15F2N3O2S. The number of hydrazine groups is 1. The SMILES string of the molecule is O=C(Cc1cccc(F)c1)NNC(=O)Cc1csc(-c2ccc(F)cc2)n1. The first-order valence-corrected chi connectivity index (χ1v) is 8.90. The van der Waals surface area contributed by atoms with E-state index in [1.807, 2.05) is 0 Å². The summed E-state index contributed by atoms with van der Waals surface area (Å²) in [6.07, 6.45) is -0.0681. The van der Waals surface area contributed by atoms with E-state index in [0.717, 1.165) is 5.56 Å². The molecule has 0 unspecified atom stereocenters. The number of thiazole rings is 1. The van der Waals surface area contributed by atoms with Crippen LogP contribution in [0.2, 0.25) is 0 Å². The number of hydrogen-bond donors (Lipinski definition) is 2. The molecule has 138 valence electrons. The molecule has 8 heteroatoms. The second kappa shape index (κ2) is 8.50. The van der Waals surface area contributed by atoms with E-state index in [-0.39, 0.29) is 18.7 Å². The number of hydrogen-bond acceptors (Lipinski definition) is 4. The van der Waals surface area contributed by atoms with Crippen LogP contribution >= 0.6 is 11.3 Å². The van der Waals surface area contributed by atoms with Crippen molar-refractivity contribution in [3.8, 4) is 10.6 Å². The molecule has 27 heavy (non-hydrogen) atoms. The minimum absolute atomic E-state index is 0.0159. The van der Waals surface area contributed by atoms with Gasteiger partial charge in [0.25, 0.3) is 0 Å². The molecular weight excluding hydrogens is 372 g/mol. The molecule has 0 aliphatic carbocycles. The average Bonchev–Trinajstić information content (AvgIpc) is 3.09. The van der Waals surface area contributed by atoms with Crippen molar-refractivity contribution in [2.75, 3.05) is 0 Å². The van der Waals surface area contributed by atoms with Crippen molar-refractivity contribution in [2.45, 2.75) is 12.8 Å². The topological polar surface area (TPSA) is 71.1 Å². The van der Waals surface area contributed by atoms with Gasteiger partial charge in [-0.1, -0.05) is 12.1 Å². The maximum atomic E-state index is 13.1. The highest BCUT2D eigenvalue weighted by molar-refractivity contribution is 7.13. The van der Waals surface area contributed by atoms with Gasteiger partial charge in [0.15, 0.2) is 0 Å². The van der Waals surface area contributed by atoms with Gasteiger partial charge < -0.3 is 0 Å².